The number of amides is 1. The number of nitrogens with one attached hydrogen (secondary N) is 1. The summed E-state index contributed by atoms with van der Waals surface area (Å²) in [4.78, 5) is 22.3. The van der Waals surface area contributed by atoms with Gasteiger partial charge < -0.3 is 9.84 Å². The number of aromatic nitrogens is 2. The van der Waals surface area contributed by atoms with Crippen LogP contribution in [0.15, 0.2) is 53.1 Å². The smallest absolute Gasteiger partial charge is 0.241 e. The minimum Gasteiger partial charge on any atom is -0.352 e. The molecule has 0 saturated carbocycles. The fraction of sp³-hybridized carbons (Fsp3) is 0.464. The van der Waals surface area contributed by atoms with E-state index in [2.05, 4.69) is 49.5 Å². The monoisotopic (exact) mass is 507 g/mol. The summed E-state index contributed by atoms with van der Waals surface area (Å²) < 4.78 is 5.48. The van der Waals surface area contributed by atoms with Crippen molar-refractivity contribution >= 4 is 17.5 Å². The van der Waals surface area contributed by atoms with Gasteiger partial charge in [-0.3, -0.25) is 14.6 Å². The highest BCUT2D eigenvalue weighted by molar-refractivity contribution is 6.30. The molecule has 2 aliphatic heterocycles. The third kappa shape index (κ3) is 6.72. The van der Waals surface area contributed by atoms with Crippen molar-refractivity contribution in [1.29, 1.82) is 0 Å². The van der Waals surface area contributed by atoms with Crippen molar-refractivity contribution in [2.75, 3.05) is 26.2 Å². The Hall–Kier alpha value is -2.74. The first-order valence-electron chi connectivity index (χ1n) is 13.0. The van der Waals surface area contributed by atoms with E-state index in [0.717, 1.165) is 37.1 Å². The molecule has 36 heavy (non-hydrogen) atoms. The molecule has 1 atom stereocenters. The summed E-state index contributed by atoms with van der Waals surface area (Å²) >= 11 is 6.08. The minimum atomic E-state index is -0.0365. The quantitative estimate of drug-likeness (QED) is 0.467. The Morgan fingerprint density at radius 1 is 0.972 bits per heavy atom. The van der Waals surface area contributed by atoms with Crippen molar-refractivity contribution in [3.63, 3.8) is 0 Å². The largest absolute Gasteiger partial charge is 0.352 e. The van der Waals surface area contributed by atoms with Gasteiger partial charge in [-0.2, -0.15) is 4.98 Å². The predicted molar refractivity (Wildman–Crippen MR) is 140 cm³/mol. The molecular weight excluding hydrogens is 474 g/mol. The summed E-state index contributed by atoms with van der Waals surface area (Å²) in [6.07, 6.45) is 5.81. The van der Waals surface area contributed by atoms with Gasteiger partial charge in [0.1, 0.15) is 0 Å². The van der Waals surface area contributed by atoms with Crippen LogP contribution in [0.2, 0.25) is 5.02 Å². The number of piperidine rings is 2. The molecule has 190 valence electrons. The lowest BCUT2D eigenvalue weighted by molar-refractivity contribution is -0.127. The highest BCUT2D eigenvalue weighted by atomic mass is 35.5. The van der Waals surface area contributed by atoms with Gasteiger partial charge >= 0.3 is 0 Å². The minimum absolute atomic E-state index is 0.0365. The van der Waals surface area contributed by atoms with E-state index < -0.39 is 0 Å². The molecule has 1 amide bonds. The number of hydrogen-bond donors (Lipinski definition) is 1. The number of hydrogen-bond acceptors (Lipinski definition) is 6. The maximum Gasteiger partial charge on any atom is 0.241 e. The van der Waals surface area contributed by atoms with Gasteiger partial charge in [0.05, 0.1) is 12.5 Å². The number of carbonyl (C=O) groups excluding carboxylic acids is 1. The average molecular weight is 508 g/mol. The summed E-state index contributed by atoms with van der Waals surface area (Å²) in [5.41, 5.74) is 3.31. The summed E-state index contributed by atoms with van der Waals surface area (Å²) in [7, 11) is 0. The number of halogens is 1. The normalized spacial score (nSPS) is 19.3. The molecule has 1 unspecified atom stereocenters. The third-order valence-electron chi connectivity index (χ3n) is 7.10. The van der Waals surface area contributed by atoms with Gasteiger partial charge in [-0.15, -0.1) is 0 Å². The SMILES string of the molecule is O=C(NCc1cccc(CN2CCCCC2)c1)C1CCCN(Cc2nc(-c3cccc(Cl)c3)no2)C1. The summed E-state index contributed by atoms with van der Waals surface area (Å²) in [6, 6.07) is 16.0. The van der Waals surface area contributed by atoms with Crippen LogP contribution in [0.1, 0.15) is 49.1 Å². The zero-order valence-corrected chi connectivity index (χ0v) is 21.4. The van der Waals surface area contributed by atoms with Gasteiger partial charge in [-0.25, -0.2) is 0 Å². The summed E-state index contributed by atoms with van der Waals surface area (Å²) in [5.74, 6) is 1.16. The Kier molecular flexibility index (Phi) is 8.31. The van der Waals surface area contributed by atoms with Gasteiger partial charge in [0.2, 0.25) is 17.6 Å². The van der Waals surface area contributed by atoms with Crippen LogP contribution in [-0.4, -0.2) is 52.0 Å². The van der Waals surface area contributed by atoms with Crippen LogP contribution in [0.4, 0.5) is 0 Å². The van der Waals surface area contributed by atoms with E-state index in [1.807, 2.05) is 24.3 Å². The first-order chi connectivity index (χ1) is 17.6. The second-order valence-electron chi connectivity index (χ2n) is 9.97. The van der Waals surface area contributed by atoms with Gasteiger partial charge in [0.15, 0.2) is 0 Å². The lowest BCUT2D eigenvalue weighted by Gasteiger charge is -2.30. The topological polar surface area (TPSA) is 74.5 Å². The van der Waals surface area contributed by atoms with Crippen molar-refractivity contribution < 1.29 is 9.32 Å². The molecule has 1 N–H and O–H groups in total. The molecule has 5 rings (SSSR count). The number of nitrogens with zero attached hydrogens (tertiary/aromatic N) is 4. The third-order valence-corrected chi connectivity index (χ3v) is 7.33. The number of likely N-dealkylation sites (tertiary alicyclic amines) is 2. The number of benzene rings is 2. The van der Waals surface area contributed by atoms with E-state index in [9.17, 15) is 4.79 Å². The highest BCUT2D eigenvalue weighted by Crippen LogP contribution is 2.22. The van der Waals surface area contributed by atoms with E-state index in [4.69, 9.17) is 16.1 Å². The van der Waals surface area contributed by atoms with E-state index in [1.165, 1.54) is 37.9 Å². The van der Waals surface area contributed by atoms with Crippen LogP contribution < -0.4 is 5.32 Å². The summed E-state index contributed by atoms with van der Waals surface area (Å²) in [6.45, 7) is 6.07. The van der Waals surface area contributed by atoms with Crippen LogP contribution in [0.25, 0.3) is 11.4 Å². The van der Waals surface area contributed by atoms with Gasteiger partial charge in [-0.05, 0) is 68.6 Å². The van der Waals surface area contributed by atoms with E-state index in [1.54, 1.807) is 0 Å². The van der Waals surface area contributed by atoms with Crippen LogP contribution in [-0.2, 0) is 24.4 Å². The van der Waals surface area contributed by atoms with Gasteiger partial charge in [0, 0.05) is 30.2 Å². The molecule has 3 heterocycles. The molecule has 8 heteroatoms. The number of rotatable bonds is 8. The second-order valence-corrected chi connectivity index (χ2v) is 10.4. The molecule has 0 bridgehead atoms. The Morgan fingerprint density at radius 2 is 1.78 bits per heavy atom. The zero-order valence-electron chi connectivity index (χ0n) is 20.7. The molecule has 1 aromatic heterocycles. The molecule has 3 aromatic rings. The van der Waals surface area contributed by atoms with Crippen molar-refractivity contribution in [2.24, 2.45) is 5.92 Å². The van der Waals surface area contributed by atoms with E-state index in [-0.39, 0.29) is 11.8 Å². The van der Waals surface area contributed by atoms with Crippen LogP contribution in [0, 0.1) is 5.92 Å². The lowest BCUT2D eigenvalue weighted by atomic mass is 9.97. The Labute approximate surface area is 217 Å². The predicted octanol–water partition coefficient (Wildman–Crippen LogP) is 4.90. The molecule has 2 aromatic carbocycles. The molecule has 0 spiro atoms. The molecule has 2 aliphatic rings. The fourth-order valence-electron chi connectivity index (χ4n) is 5.22. The molecule has 2 fully saturated rings. The summed E-state index contributed by atoms with van der Waals surface area (Å²) in [5, 5.41) is 7.91. The molecular formula is C28H34ClN5O2. The molecule has 0 radical (unpaired) electrons. The van der Waals surface area contributed by atoms with E-state index >= 15 is 0 Å². The average Bonchev–Trinajstić information content (AvgIpc) is 3.37. The lowest BCUT2D eigenvalue weighted by Crippen LogP contribution is -2.42. The molecule has 2 saturated heterocycles. The van der Waals surface area contributed by atoms with Gasteiger partial charge in [0.25, 0.3) is 0 Å². The van der Waals surface area contributed by atoms with E-state index in [0.29, 0.717) is 36.4 Å². The standard InChI is InChI=1S/C28H34ClN5O2/c29-25-11-5-9-23(16-25)27-31-26(36-32-27)20-34-14-6-10-24(19-34)28(35)30-17-21-7-4-8-22(15-21)18-33-12-2-1-3-13-33/h4-5,7-9,11,15-16,24H,1-3,6,10,12-14,17-20H2,(H,30,35). The fourth-order valence-corrected chi connectivity index (χ4v) is 5.41. The maximum atomic E-state index is 13.0. The van der Waals surface area contributed by atoms with Crippen LogP contribution >= 0.6 is 11.6 Å². The Morgan fingerprint density at radius 3 is 2.64 bits per heavy atom. The van der Waals surface area contributed by atoms with Crippen molar-refractivity contribution in [2.45, 2.75) is 51.7 Å². The Bertz CT molecular complexity index is 1160. The first kappa shape index (κ1) is 24.9. The zero-order chi connectivity index (χ0) is 24.7. The van der Waals surface area contributed by atoms with Crippen molar-refractivity contribution in [1.82, 2.24) is 25.3 Å². The molecule has 7 nitrogen and oxygen atoms in total. The van der Waals surface area contributed by atoms with Crippen LogP contribution in [0.5, 0.6) is 0 Å². The Balaban J connectivity index is 1.11. The maximum absolute atomic E-state index is 13.0. The van der Waals surface area contributed by atoms with Gasteiger partial charge in [-0.1, -0.05) is 59.6 Å². The van der Waals surface area contributed by atoms with Crippen LogP contribution in [0.3, 0.4) is 0 Å². The second kappa shape index (κ2) is 12.0. The first-order valence-corrected chi connectivity index (χ1v) is 13.4. The van der Waals surface area contributed by atoms with Crippen molar-refractivity contribution in [3.05, 3.63) is 70.6 Å². The van der Waals surface area contributed by atoms with Crippen molar-refractivity contribution in [3.8, 4) is 11.4 Å². The number of carbonyl (C=O) groups is 1. The highest BCUT2D eigenvalue weighted by Gasteiger charge is 2.27. The molecule has 0 aliphatic carbocycles.